The molecular formula is C22H22FN3O2. The Hall–Kier alpha value is -2.99. The highest BCUT2D eigenvalue weighted by molar-refractivity contribution is 5.91. The third-order valence-corrected chi connectivity index (χ3v) is 4.94. The maximum absolute atomic E-state index is 14.6. The van der Waals surface area contributed by atoms with Gasteiger partial charge in [0.2, 0.25) is 5.91 Å². The topological polar surface area (TPSA) is 67.2 Å². The van der Waals surface area contributed by atoms with E-state index in [-0.39, 0.29) is 23.8 Å². The molecule has 4 rings (SSSR count). The molecule has 0 saturated carbocycles. The van der Waals surface area contributed by atoms with Crippen LogP contribution in [0.2, 0.25) is 0 Å². The second kappa shape index (κ2) is 7.94. The smallest absolute Gasteiger partial charge is 0.224 e. The van der Waals surface area contributed by atoms with Crippen LogP contribution in [0.3, 0.4) is 0 Å². The van der Waals surface area contributed by atoms with E-state index >= 15 is 0 Å². The summed E-state index contributed by atoms with van der Waals surface area (Å²) in [7, 11) is 0. The molecule has 1 aromatic heterocycles. The number of benzene rings is 2. The number of rotatable bonds is 5. The van der Waals surface area contributed by atoms with Gasteiger partial charge in [-0.05, 0) is 37.1 Å². The predicted octanol–water partition coefficient (Wildman–Crippen LogP) is 4.01. The lowest BCUT2D eigenvalue weighted by atomic mass is 9.99. The number of hydrogen-bond acceptors (Lipinski definition) is 4. The molecule has 2 N–H and O–H groups in total. The molecule has 0 unspecified atom stereocenters. The highest BCUT2D eigenvalue weighted by Crippen LogP contribution is 2.25. The number of carbonyl (C=O) groups excluding carboxylic acids is 1. The van der Waals surface area contributed by atoms with Gasteiger partial charge in [0.1, 0.15) is 5.82 Å². The largest absolute Gasteiger partial charge is 0.441 e. The van der Waals surface area contributed by atoms with Gasteiger partial charge in [-0.3, -0.25) is 4.79 Å². The molecule has 2 heterocycles. The van der Waals surface area contributed by atoms with E-state index in [1.165, 1.54) is 5.56 Å². The second-order valence-corrected chi connectivity index (χ2v) is 7.02. The Morgan fingerprint density at radius 1 is 1.25 bits per heavy atom. The molecule has 0 spiro atoms. The number of aromatic nitrogens is 1. The summed E-state index contributed by atoms with van der Waals surface area (Å²) in [5.74, 6) is 0.570. The maximum Gasteiger partial charge on any atom is 0.224 e. The third-order valence-electron chi connectivity index (χ3n) is 4.94. The van der Waals surface area contributed by atoms with Crippen molar-refractivity contribution in [1.29, 1.82) is 0 Å². The van der Waals surface area contributed by atoms with Crippen molar-refractivity contribution < 1.29 is 13.6 Å². The summed E-state index contributed by atoms with van der Waals surface area (Å²) < 4.78 is 20.4. The van der Waals surface area contributed by atoms with E-state index < -0.39 is 0 Å². The lowest BCUT2D eigenvalue weighted by Crippen LogP contribution is -2.25. The Morgan fingerprint density at radius 2 is 2.07 bits per heavy atom. The molecule has 5 nitrogen and oxygen atoms in total. The van der Waals surface area contributed by atoms with Crippen LogP contribution in [0.15, 0.2) is 47.0 Å². The highest BCUT2D eigenvalue weighted by Gasteiger charge is 2.18. The molecule has 2 aromatic carbocycles. The second-order valence-electron chi connectivity index (χ2n) is 7.02. The summed E-state index contributed by atoms with van der Waals surface area (Å²) in [6.45, 7) is 3.43. The minimum atomic E-state index is -0.329. The molecule has 1 aliphatic rings. The van der Waals surface area contributed by atoms with Gasteiger partial charge in [-0.15, -0.1) is 0 Å². The third kappa shape index (κ3) is 3.97. The first-order chi connectivity index (χ1) is 13.6. The number of aryl methyl sites for hydroxylation is 2. The first-order valence-electron chi connectivity index (χ1n) is 9.43. The molecule has 0 aliphatic carbocycles. The average Bonchev–Trinajstić information content (AvgIpc) is 3.18. The molecule has 28 heavy (non-hydrogen) atoms. The molecular weight excluding hydrogens is 357 g/mol. The number of nitrogens with one attached hydrogen (secondary N) is 2. The molecule has 6 heteroatoms. The number of amides is 1. The molecule has 1 aliphatic heterocycles. The Kier molecular flexibility index (Phi) is 5.21. The zero-order chi connectivity index (χ0) is 19.5. The minimum absolute atomic E-state index is 0.173. The fourth-order valence-corrected chi connectivity index (χ4v) is 3.34. The van der Waals surface area contributed by atoms with Gasteiger partial charge in [0.25, 0.3) is 0 Å². The highest BCUT2D eigenvalue weighted by atomic mass is 19.1. The average molecular weight is 379 g/mol. The number of halogens is 1. The summed E-state index contributed by atoms with van der Waals surface area (Å²) in [5, 5.41) is 5.88. The van der Waals surface area contributed by atoms with E-state index in [2.05, 4.69) is 15.6 Å². The van der Waals surface area contributed by atoms with Crippen molar-refractivity contribution in [3.63, 3.8) is 0 Å². The van der Waals surface area contributed by atoms with Crippen LogP contribution in [0.5, 0.6) is 0 Å². The number of fused-ring (bicyclic) bond motifs is 1. The summed E-state index contributed by atoms with van der Waals surface area (Å²) in [6.07, 6.45) is 2.82. The van der Waals surface area contributed by atoms with Crippen LogP contribution >= 0.6 is 0 Å². The van der Waals surface area contributed by atoms with Crippen molar-refractivity contribution in [2.24, 2.45) is 0 Å². The van der Waals surface area contributed by atoms with E-state index in [4.69, 9.17) is 4.42 Å². The van der Waals surface area contributed by atoms with Crippen LogP contribution in [0.4, 0.5) is 10.1 Å². The number of oxazole rings is 1. The maximum atomic E-state index is 14.6. The van der Waals surface area contributed by atoms with Gasteiger partial charge in [0.05, 0.1) is 11.9 Å². The first-order valence-corrected chi connectivity index (χ1v) is 9.43. The Balaban J connectivity index is 1.37. The summed E-state index contributed by atoms with van der Waals surface area (Å²) >= 11 is 0. The number of nitrogens with zero attached hydrogens (tertiary/aromatic N) is 1. The van der Waals surface area contributed by atoms with Crippen molar-refractivity contribution in [2.75, 3.05) is 11.9 Å². The van der Waals surface area contributed by atoms with Gasteiger partial charge in [0.15, 0.2) is 11.7 Å². The van der Waals surface area contributed by atoms with E-state index in [0.717, 1.165) is 17.7 Å². The monoisotopic (exact) mass is 379 g/mol. The van der Waals surface area contributed by atoms with Gasteiger partial charge in [-0.2, -0.15) is 0 Å². The van der Waals surface area contributed by atoms with Gasteiger partial charge in [-0.25, -0.2) is 9.37 Å². The molecule has 1 amide bonds. The molecule has 0 bridgehead atoms. The van der Waals surface area contributed by atoms with Gasteiger partial charge in [-0.1, -0.05) is 35.9 Å². The Morgan fingerprint density at radius 3 is 2.89 bits per heavy atom. The van der Waals surface area contributed by atoms with Crippen LogP contribution in [0.1, 0.15) is 29.0 Å². The summed E-state index contributed by atoms with van der Waals surface area (Å²) in [6, 6.07) is 11.4. The lowest BCUT2D eigenvalue weighted by molar-refractivity contribution is -0.116. The van der Waals surface area contributed by atoms with E-state index in [1.54, 1.807) is 12.3 Å². The fourth-order valence-electron chi connectivity index (χ4n) is 3.34. The standard InChI is InChI=1S/C22H22FN3O2/c1-14-2-4-15(5-3-14)19-13-25-21(28-19)9-8-20(27)26-18-7-6-16-12-24-11-10-17(16)22(18)23/h2-7,13,24H,8-12H2,1H3,(H,26,27). The van der Waals surface area contributed by atoms with E-state index in [9.17, 15) is 9.18 Å². The fraction of sp³-hybridized carbons (Fsp3) is 0.273. The van der Waals surface area contributed by atoms with Crippen LogP contribution < -0.4 is 10.6 Å². The SMILES string of the molecule is Cc1ccc(-c2cnc(CCC(=O)Nc3ccc4c(c3F)CCNC4)o2)cc1. The van der Waals surface area contributed by atoms with Crippen molar-refractivity contribution >= 4 is 11.6 Å². The molecule has 3 aromatic rings. The summed E-state index contributed by atoms with van der Waals surface area (Å²) in [4.78, 5) is 16.5. The number of carbonyl (C=O) groups is 1. The van der Waals surface area contributed by atoms with Crippen molar-refractivity contribution in [2.45, 2.75) is 32.7 Å². The lowest BCUT2D eigenvalue weighted by Gasteiger charge is -2.19. The Bertz CT molecular complexity index is 996. The Labute approximate surface area is 163 Å². The molecule has 0 radical (unpaired) electrons. The number of anilines is 1. The van der Waals surface area contributed by atoms with Gasteiger partial charge in [0, 0.05) is 24.9 Å². The van der Waals surface area contributed by atoms with Crippen molar-refractivity contribution in [1.82, 2.24) is 10.3 Å². The van der Waals surface area contributed by atoms with Gasteiger partial charge < -0.3 is 15.1 Å². The zero-order valence-corrected chi connectivity index (χ0v) is 15.7. The van der Waals surface area contributed by atoms with E-state index in [1.807, 2.05) is 37.3 Å². The van der Waals surface area contributed by atoms with Crippen LogP contribution in [0.25, 0.3) is 11.3 Å². The van der Waals surface area contributed by atoms with Crippen molar-refractivity contribution in [3.8, 4) is 11.3 Å². The van der Waals surface area contributed by atoms with Crippen LogP contribution in [0, 0.1) is 12.7 Å². The molecule has 0 fully saturated rings. The molecule has 0 saturated heterocycles. The van der Waals surface area contributed by atoms with E-state index in [0.29, 0.717) is 36.6 Å². The van der Waals surface area contributed by atoms with Crippen LogP contribution in [-0.2, 0) is 24.2 Å². The quantitative estimate of drug-likeness (QED) is 0.703. The normalized spacial score (nSPS) is 13.2. The first kappa shape index (κ1) is 18.4. The van der Waals surface area contributed by atoms with Gasteiger partial charge >= 0.3 is 0 Å². The van der Waals surface area contributed by atoms with Crippen LogP contribution in [-0.4, -0.2) is 17.4 Å². The predicted molar refractivity (Wildman–Crippen MR) is 105 cm³/mol. The molecule has 144 valence electrons. The summed E-state index contributed by atoms with van der Waals surface area (Å²) in [5.41, 5.74) is 3.99. The molecule has 0 atom stereocenters. The number of hydrogen-bond donors (Lipinski definition) is 2. The minimum Gasteiger partial charge on any atom is -0.441 e. The van der Waals surface area contributed by atoms with Crippen molar-refractivity contribution in [3.05, 3.63) is 71.0 Å². The zero-order valence-electron chi connectivity index (χ0n) is 15.7.